The summed E-state index contributed by atoms with van der Waals surface area (Å²) in [6.45, 7) is 1.42. The van der Waals surface area contributed by atoms with Crippen molar-refractivity contribution in [1.82, 2.24) is 24.9 Å². The van der Waals surface area contributed by atoms with Gasteiger partial charge >= 0.3 is 12.4 Å². The van der Waals surface area contributed by atoms with E-state index >= 15 is 0 Å². The predicted molar refractivity (Wildman–Crippen MR) is 76.4 cm³/mol. The van der Waals surface area contributed by atoms with Crippen molar-refractivity contribution >= 4 is 0 Å². The van der Waals surface area contributed by atoms with Crippen molar-refractivity contribution in [3.63, 3.8) is 0 Å². The summed E-state index contributed by atoms with van der Waals surface area (Å²) in [6.07, 6.45) is -8.30. The van der Waals surface area contributed by atoms with Crippen LogP contribution in [0.3, 0.4) is 0 Å². The Kier molecular flexibility index (Phi) is 4.32. The van der Waals surface area contributed by atoms with Crippen LogP contribution in [0.2, 0.25) is 0 Å². The number of aromatic amines is 1. The molecule has 0 aliphatic heterocycles. The second-order valence-electron chi connectivity index (χ2n) is 5.42. The number of pyridine rings is 1. The third-order valence-corrected chi connectivity index (χ3v) is 3.55. The van der Waals surface area contributed by atoms with E-state index < -0.39 is 35.3 Å². The van der Waals surface area contributed by atoms with Crippen molar-refractivity contribution in [3.05, 3.63) is 52.0 Å². The Morgan fingerprint density at radius 2 is 1.81 bits per heavy atom. The van der Waals surface area contributed by atoms with Gasteiger partial charge in [-0.1, -0.05) is 5.16 Å². The van der Waals surface area contributed by atoms with Crippen molar-refractivity contribution in [2.45, 2.75) is 25.3 Å². The van der Waals surface area contributed by atoms with Gasteiger partial charge in [0, 0.05) is 6.20 Å². The summed E-state index contributed by atoms with van der Waals surface area (Å²) in [5.41, 5.74) is -3.75. The van der Waals surface area contributed by atoms with Gasteiger partial charge in [-0.25, -0.2) is 0 Å². The molecule has 3 heterocycles. The van der Waals surface area contributed by atoms with Crippen LogP contribution in [0.5, 0.6) is 0 Å². The number of nitrogens with zero attached hydrogens (tertiary/aromatic N) is 4. The van der Waals surface area contributed by atoms with Gasteiger partial charge in [0.1, 0.15) is 11.7 Å². The second kappa shape index (κ2) is 6.25. The fourth-order valence-corrected chi connectivity index (χ4v) is 2.15. The molecule has 0 saturated heterocycles. The lowest BCUT2D eigenvalue weighted by atomic mass is 10.2. The maximum Gasteiger partial charge on any atom is 0.435 e. The highest BCUT2D eigenvalue weighted by molar-refractivity contribution is 5.52. The number of aromatic nitrogens is 5. The average molecular weight is 393 g/mol. The van der Waals surface area contributed by atoms with E-state index in [1.807, 2.05) is 0 Å². The molecule has 0 aromatic carbocycles. The third-order valence-electron chi connectivity index (χ3n) is 3.55. The van der Waals surface area contributed by atoms with Gasteiger partial charge in [0.2, 0.25) is 5.82 Å². The molecule has 0 saturated carbocycles. The molecule has 0 aliphatic carbocycles. The van der Waals surface area contributed by atoms with Gasteiger partial charge in [0.15, 0.2) is 5.69 Å². The first-order valence-electron chi connectivity index (χ1n) is 7.23. The number of H-pyrrole nitrogens is 1. The van der Waals surface area contributed by atoms with Crippen LogP contribution in [0.1, 0.15) is 30.2 Å². The molecule has 0 spiro atoms. The zero-order valence-electron chi connectivity index (χ0n) is 13.3. The van der Waals surface area contributed by atoms with Crippen LogP contribution in [0.25, 0.3) is 11.4 Å². The van der Waals surface area contributed by atoms with Crippen LogP contribution >= 0.6 is 0 Å². The van der Waals surface area contributed by atoms with E-state index in [4.69, 9.17) is 4.52 Å². The second-order valence-corrected chi connectivity index (χ2v) is 5.42. The summed E-state index contributed by atoms with van der Waals surface area (Å²) in [5, 5.41) is 6.86. The standard InChI is InChI=1S/C14H9F6N5O2/c1-6(25-5-4-9(23-25)14(18,19)20)12-22-10(24-27-12)7-2-3-8(13(15,16)17)21-11(7)26/h2-6H,1H3,(H,21,26). The van der Waals surface area contributed by atoms with Gasteiger partial charge in [0.25, 0.3) is 11.4 Å². The van der Waals surface area contributed by atoms with Crippen molar-refractivity contribution in [1.29, 1.82) is 0 Å². The van der Waals surface area contributed by atoms with Gasteiger partial charge in [0.05, 0.1) is 5.56 Å². The summed E-state index contributed by atoms with van der Waals surface area (Å²) in [6, 6.07) is 1.36. The Balaban J connectivity index is 1.89. The predicted octanol–water partition coefficient (Wildman–Crippen LogP) is 3.27. The number of hydrogen-bond acceptors (Lipinski definition) is 5. The number of alkyl halides is 6. The smallest absolute Gasteiger partial charge is 0.337 e. The van der Waals surface area contributed by atoms with Crippen LogP contribution in [0.4, 0.5) is 26.3 Å². The number of halogens is 6. The van der Waals surface area contributed by atoms with Gasteiger partial charge in [-0.3, -0.25) is 9.48 Å². The molecule has 1 unspecified atom stereocenters. The van der Waals surface area contributed by atoms with Crippen molar-refractivity contribution < 1.29 is 30.9 Å². The highest BCUT2D eigenvalue weighted by Crippen LogP contribution is 2.29. The quantitative estimate of drug-likeness (QED) is 0.690. The van der Waals surface area contributed by atoms with E-state index in [0.717, 1.165) is 23.0 Å². The van der Waals surface area contributed by atoms with Gasteiger partial charge in [-0.2, -0.15) is 36.4 Å². The van der Waals surface area contributed by atoms with E-state index in [-0.39, 0.29) is 17.3 Å². The highest BCUT2D eigenvalue weighted by Gasteiger charge is 2.34. The van der Waals surface area contributed by atoms with Crippen molar-refractivity contribution in [2.24, 2.45) is 0 Å². The maximum atomic E-state index is 12.6. The van der Waals surface area contributed by atoms with Crippen LogP contribution in [0, 0.1) is 0 Å². The highest BCUT2D eigenvalue weighted by atomic mass is 19.4. The molecule has 1 atom stereocenters. The van der Waals surface area contributed by atoms with Gasteiger partial charge < -0.3 is 9.51 Å². The molecule has 0 amide bonds. The van der Waals surface area contributed by atoms with Crippen LogP contribution in [0.15, 0.2) is 33.7 Å². The lowest BCUT2D eigenvalue weighted by molar-refractivity contribution is -0.142. The normalized spacial score (nSPS) is 13.7. The van der Waals surface area contributed by atoms with E-state index in [0.29, 0.717) is 6.07 Å². The first kappa shape index (κ1) is 18.7. The molecule has 0 fully saturated rings. The summed E-state index contributed by atoms with van der Waals surface area (Å²) >= 11 is 0. The molecule has 7 nitrogen and oxygen atoms in total. The first-order chi connectivity index (χ1) is 12.5. The van der Waals surface area contributed by atoms with Crippen LogP contribution in [-0.4, -0.2) is 24.9 Å². The zero-order valence-corrected chi connectivity index (χ0v) is 13.3. The van der Waals surface area contributed by atoms with E-state index in [1.165, 1.54) is 6.92 Å². The van der Waals surface area contributed by atoms with Crippen LogP contribution < -0.4 is 5.56 Å². The summed E-state index contributed by atoms with van der Waals surface area (Å²) in [7, 11) is 0. The Morgan fingerprint density at radius 3 is 2.37 bits per heavy atom. The van der Waals surface area contributed by atoms with E-state index in [1.54, 1.807) is 4.98 Å². The maximum absolute atomic E-state index is 12.6. The molecular formula is C14H9F6N5O2. The minimum absolute atomic E-state index is 0.180. The Morgan fingerprint density at radius 1 is 1.11 bits per heavy atom. The number of rotatable bonds is 3. The van der Waals surface area contributed by atoms with Crippen LogP contribution in [-0.2, 0) is 12.4 Å². The zero-order chi connectivity index (χ0) is 20.0. The van der Waals surface area contributed by atoms with Gasteiger partial charge in [-0.05, 0) is 25.1 Å². The molecule has 3 aromatic rings. The minimum atomic E-state index is -4.73. The van der Waals surface area contributed by atoms with Crippen molar-refractivity contribution in [2.75, 3.05) is 0 Å². The molecule has 0 bridgehead atoms. The molecule has 3 aromatic heterocycles. The number of nitrogens with one attached hydrogen (secondary N) is 1. The topological polar surface area (TPSA) is 89.6 Å². The third kappa shape index (κ3) is 3.71. The molecule has 13 heteroatoms. The molecule has 0 aliphatic rings. The summed E-state index contributed by atoms with van der Waals surface area (Å²) in [4.78, 5) is 17.3. The molecule has 3 rings (SSSR count). The lowest BCUT2D eigenvalue weighted by Crippen LogP contribution is -2.17. The average Bonchev–Trinajstić information content (AvgIpc) is 3.22. The van der Waals surface area contributed by atoms with Gasteiger partial charge in [-0.15, -0.1) is 0 Å². The fraction of sp³-hybridized carbons (Fsp3) is 0.286. The van der Waals surface area contributed by atoms with E-state index in [2.05, 4.69) is 15.2 Å². The Labute approximate surface area is 145 Å². The molecule has 0 radical (unpaired) electrons. The monoisotopic (exact) mass is 393 g/mol. The lowest BCUT2D eigenvalue weighted by Gasteiger charge is -2.07. The largest absolute Gasteiger partial charge is 0.435 e. The van der Waals surface area contributed by atoms with E-state index in [9.17, 15) is 31.1 Å². The summed E-state index contributed by atoms with van der Waals surface area (Å²) < 4.78 is 81.4. The fourth-order valence-electron chi connectivity index (χ4n) is 2.15. The number of hydrogen-bond donors (Lipinski definition) is 1. The first-order valence-corrected chi connectivity index (χ1v) is 7.23. The molecule has 1 N–H and O–H groups in total. The SMILES string of the molecule is CC(c1nc(-c2ccc(C(F)(F)F)[nH]c2=O)no1)n1ccc(C(F)(F)F)n1. The summed E-state index contributed by atoms with van der Waals surface area (Å²) in [5.74, 6) is -0.490. The Hall–Kier alpha value is -3.12. The Bertz CT molecular complexity index is 1020. The van der Waals surface area contributed by atoms with Crippen molar-refractivity contribution in [3.8, 4) is 11.4 Å². The molecule has 27 heavy (non-hydrogen) atoms. The molecular weight excluding hydrogens is 384 g/mol. The minimum Gasteiger partial charge on any atom is -0.337 e. The molecule has 144 valence electrons.